The zero-order chi connectivity index (χ0) is 17.2. The summed E-state index contributed by atoms with van der Waals surface area (Å²) >= 11 is 12.3. The first kappa shape index (κ1) is 22.3. The minimum absolute atomic E-state index is 0. The van der Waals surface area contributed by atoms with Gasteiger partial charge in [0, 0.05) is 0 Å². The monoisotopic (exact) mass is 402 g/mol. The van der Waals surface area contributed by atoms with Crippen LogP contribution in [0.15, 0.2) is 36.9 Å². The highest BCUT2D eigenvalue weighted by atomic mass is 35.5. The topological polar surface area (TPSA) is 8.81 Å². The second kappa shape index (κ2) is 12.6. The molecule has 0 aliphatic rings. The Morgan fingerprint density at radius 2 is 1.80 bits per heavy atom. The van der Waals surface area contributed by atoms with E-state index < -0.39 is 0 Å². The minimum atomic E-state index is 0. The van der Waals surface area contributed by atoms with Crippen molar-refractivity contribution in [2.75, 3.05) is 0 Å². The number of benzene rings is 1. The van der Waals surface area contributed by atoms with Gasteiger partial charge in [-0.25, -0.2) is 9.13 Å². The summed E-state index contributed by atoms with van der Waals surface area (Å²) in [6.07, 6.45) is 16.5. The molecule has 1 heterocycles. The highest BCUT2D eigenvalue weighted by Gasteiger charge is 2.06. The lowest BCUT2D eigenvalue weighted by Gasteiger charge is -2.05. The first-order chi connectivity index (χ1) is 11.7. The van der Waals surface area contributed by atoms with Crippen molar-refractivity contribution in [1.29, 1.82) is 0 Å². The second-order valence-corrected chi connectivity index (χ2v) is 7.26. The van der Waals surface area contributed by atoms with E-state index in [0.717, 1.165) is 37.9 Å². The summed E-state index contributed by atoms with van der Waals surface area (Å²) in [5.74, 6) is 0. The van der Waals surface area contributed by atoms with E-state index in [9.17, 15) is 0 Å². The molecule has 1 aromatic heterocycles. The Balaban J connectivity index is 0.00000312. The van der Waals surface area contributed by atoms with E-state index >= 15 is 0 Å². The lowest BCUT2D eigenvalue weighted by Crippen LogP contribution is -3.00. The average molecular weight is 404 g/mol. The number of nitrogens with zero attached hydrogens (tertiary/aromatic N) is 2. The Kier molecular flexibility index (Phi) is 11.3. The third-order valence-electron chi connectivity index (χ3n) is 4.41. The molecule has 2 nitrogen and oxygen atoms in total. The zero-order valence-corrected chi connectivity index (χ0v) is 17.3. The molecule has 140 valence electrons. The average Bonchev–Trinajstić information content (AvgIpc) is 3.03. The van der Waals surface area contributed by atoms with Crippen molar-refractivity contribution in [2.45, 2.75) is 71.4 Å². The SMILES string of the molecule is CCCCCCCn1cc[n+](CCCCc2cccc(Cl)c2Cl)c1.[Cl-]. The Labute approximate surface area is 168 Å². The van der Waals surface area contributed by atoms with E-state index in [2.05, 4.69) is 40.8 Å². The van der Waals surface area contributed by atoms with Crippen LogP contribution in [0.2, 0.25) is 10.0 Å². The summed E-state index contributed by atoms with van der Waals surface area (Å²) in [5, 5.41) is 1.36. The van der Waals surface area contributed by atoms with E-state index in [1.807, 2.05) is 12.1 Å². The molecule has 0 N–H and O–H groups in total. The Hall–Kier alpha value is -0.700. The van der Waals surface area contributed by atoms with Crippen LogP contribution in [0.5, 0.6) is 0 Å². The number of aromatic nitrogens is 2. The van der Waals surface area contributed by atoms with Crippen LogP contribution >= 0.6 is 23.2 Å². The third kappa shape index (κ3) is 8.02. The molecule has 0 aliphatic heterocycles. The Morgan fingerprint density at radius 3 is 2.60 bits per heavy atom. The molecule has 1 aromatic carbocycles. The number of imidazole rings is 1. The van der Waals surface area contributed by atoms with Crippen LogP contribution in [0.25, 0.3) is 0 Å². The third-order valence-corrected chi connectivity index (χ3v) is 5.27. The van der Waals surface area contributed by atoms with Crippen molar-refractivity contribution in [3.8, 4) is 0 Å². The van der Waals surface area contributed by atoms with Gasteiger partial charge in [0.25, 0.3) is 0 Å². The summed E-state index contributed by atoms with van der Waals surface area (Å²) in [6.45, 7) is 4.45. The van der Waals surface area contributed by atoms with Crippen molar-refractivity contribution in [3.63, 3.8) is 0 Å². The first-order valence-electron chi connectivity index (χ1n) is 9.18. The molecule has 0 saturated heterocycles. The summed E-state index contributed by atoms with van der Waals surface area (Å²) in [7, 11) is 0. The van der Waals surface area contributed by atoms with Gasteiger partial charge in [-0.1, -0.05) is 61.5 Å². The quantitative estimate of drug-likeness (QED) is 0.403. The van der Waals surface area contributed by atoms with Crippen LogP contribution in [0.4, 0.5) is 0 Å². The normalized spacial score (nSPS) is 10.7. The summed E-state index contributed by atoms with van der Waals surface area (Å²) in [4.78, 5) is 0. The van der Waals surface area contributed by atoms with Crippen LogP contribution in [0.1, 0.15) is 57.4 Å². The van der Waals surface area contributed by atoms with E-state index in [1.165, 1.54) is 32.1 Å². The van der Waals surface area contributed by atoms with E-state index in [1.54, 1.807) is 0 Å². The molecule has 0 radical (unpaired) electrons. The van der Waals surface area contributed by atoms with Gasteiger partial charge in [0.2, 0.25) is 6.33 Å². The van der Waals surface area contributed by atoms with Gasteiger partial charge in [-0.05, 0) is 43.7 Å². The minimum Gasteiger partial charge on any atom is -1.00 e. The first-order valence-corrected chi connectivity index (χ1v) is 9.94. The largest absolute Gasteiger partial charge is 1.00 e. The zero-order valence-electron chi connectivity index (χ0n) is 15.1. The highest BCUT2D eigenvalue weighted by molar-refractivity contribution is 6.42. The summed E-state index contributed by atoms with van der Waals surface area (Å²) in [6, 6.07) is 5.88. The molecular formula is C20H29Cl3N2. The lowest BCUT2D eigenvalue weighted by molar-refractivity contribution is -0.696. The number of hydrogen-bond donors (Lipinski definition) is 0. The van der Waals surface area contributed by atoms with Crippen molar-refractivity contribution >= 4 is 23.2 Å². The van der Waals surface area contributed by atoms with Gasteiger partial charge in [0.15, 0.2) is 0 Å². The molecule has 0 aliphatic carbocycles. The van der Waals surface area contributed by atoms with E-state index in [4.69, 9.17) is 23.2 Å². The van der Waals surface area contributed by atoms with E-state index in [0.29, 0.717) is 10.0 Å². The van der Waals surface area contributed by atoms with Gasteiger partial charge in [-0.2, -0.15) is 0 Å². The fraction of sp³-hybridized carbons (Fsp3) is 0.550. The molecule has 2 rings (SSSR count). The molecule has 0 bridgehead atoms. The summed E-state index contributed by atoms with van der Waals surface area (Å²) < 4.78 is 4.59. The number of rotatable bonds is 11. The van der Waals surface area contributed by atoms with Gasteiger partial charge in [0.1, 0.15) is 12.4 Å². The predicted molar refractivity (Wildman–Crippen MR) is 103 cm³/mol. The molecular weight excluding hydrogens is 375 g/mol. The highest BCUT2D eigenvalue weighted by Crippen LogP contribution is 2.26. The summed E-state index contributed by atoms with van der Waals surface area (Å²) in [5.41, 5.74) is 1.15. The smallest absolute Gasteiger partial charge is 0.243 e. The number of hydrogen-bond acceptors (Lipinski definition) is 0. The lowest BCUT2D eigenvalue weighted by atomic mass is 10.1. The van der Waals surface area contributed by atoms with Gasteiger partial charge in [0.05, 0.1) is 23.1 Å². The molecule has 0 saturated carbocycles. The molecule has 0 spiro atoms. The molecule has 0 atom stereocenters. The van der Waals surface area contributed by atoms with Gasteiger partial charge < -0.3 is 12.4 Å². The standard InChI is InChI=1S/C20H29Cl2N2.ClH/c1-2-3-4-5-7-13-23-15-16-24(17-23)14-8-6-10-18-11-9-12-19(21)20(18)22;/h9,11-12,15-17H,2-8,10,13-14H2,1H3;1H/q+1;/p-1. The number of halogens is 3. The second-order valence-electron chi connectivity index (χ2n) is 6.47. The molecule has 25 heavy (non-hydrogen) atoms. The predicted octanol–water partition coefficient (Wildman–Crippen LogP) is 3.08. The van der Waals surface area contributed by atoms with Crippen LogP contribution < -0.4 is 17.0 Å². The van der Waals surface area contributed by atoms with Crippen LogP contribution in [0, 0.1) is 0 Å². The maximum atomic E-state index is 6.23. The fourth-order valence-electron chi connectivity index (χ4n) is 2.95. The van der Waals surface area contributed by atoms with Crippen molar-refractivity contribution in [3.05, 3.63) is 52.5 Å². The van der Waals surface area contributed by atoms with Gasteiger partial charge in [-0.3, -0.25) is 0 Å². The van der Waals surface area contributed by atoms with Crippen LogP contribution in [0.3, 0.4) is 0 Å². The molecule has 0 unspecified atom stereocenters. The fourth-order valence-corrected chi connectivity index (χ4v) is 3.37. The maximum Gasteiger partial charge on any atom is 0.243 e. The maximum absolute atomic E-state index is 6.23. The molecule has 5 heteroatoms. The van der Waals surface area contributed by atoms with Crippen LogP contribution in [-0.2, 0) is 19.5 Å². The van der Waals surface area contributed by atoms with Gasteiger partial charge >= 0.3 is 0 Å². The Bertz CT molecular complexity index is 611. The Morgan fingerprint density at radius 1 is 1.00 bits per heavy atom. The van der Waals surface area contributed by atoms with Crippen molar-refractivity contribution in [1.82, 2.24) is 4.57 Å². The number of aryl methyl sites for hydroxylation is 3. The van der Waals surface area contributed by atoms with Crippen molar-refractivity contribution in [2.24, 2.45) is 0 Å². The van der Waals surface area contributed by atoms with E-state index in [-0.39, 0.29) is 12.4 Å². The van der Waals surface area contributed by atoms with Gasteiger partial charge in [-0.15, -0.1) is 0 Å². The molecule has 0 amide bonds. The van der Waals surface area contributed by atoms with Crippen molar-refractivity contribution < 1.29 is 17.0 Å². The van der Waals surface area contributed by atoms with Crippen LogP contribution in [-0.4, -0.2) is 4.57 Å². The molecule has 0 fully saturated rings. The molecule has 2 aromatic rings. The number of unbranched alkanes of at least 4 members (excludes halogenated alkanes) is 5.